The molecule has 3 aliphatic carbocycles. The van der Waals surface area contributed by atoms with Crippen LogP contribution in [0.2, 0.25) is 0 Å². The van der Waals surface area contributed by atoms with Crippen molar-refractivity contribution in [3.05, 3.63) is 69.7 Å². The Morgan fingerprint density at radius 1 is 1.07 bits per heavy atom. The highest BCUT2D eigenvalue weighted by molar-refractivity contribution is 6.24. The molecule has 0 saturated heterocycles. The molecule has 210 valence electrons. The third-order valence-electron chi connectivity index (χ3n) is 8.26. The number of amides is 1. The summed E-state index contributed by atoms with van der Waals surface area (Å²) in [6.45, 7) is 0.673. The number of hydrogen-bond donors (Lipinski definition) is 5. The zero-order chi connectivity index (χ0) is 29.3. The number of allylic oxidation sites excluding steroid dienone is 2. The molecule has 0 radical (unpaired) electrons. The van der Waals surface area contributed by atoms with Gasteiger partial charge in [0.1, 0.15) is 22.8 Å². The number of Topliss-reactive ketones (excluding diaryl/α,β-unsaturated/α-hetero) is 2. The number of phenols is 1. The summed E-state index contributed by atoms with van der Waals surface area (Å²) in [5, 5.41) is 44.7. The number of ketones is 2. The van der Waals surface area contributed by atoms with Crippen molar-refractivity contribution in [2.24, 2.45) is 17.6 Å². The predicted octanol–water partition coefficient (Wildman–Crippen LogP) is 2.38. The zero-order valence-electron chi connectivity index (χ0n) is 22.9. The lowest BCUT2D eigenvalue weighted by Gasteiger charge is -2.46. The molecule has 0 heterocycles. The fourth-order valence-corrected chi connectivity index (χ4v) is 6.49. The van der Waals surface area contributed by atoms with Crippen molar-refractivity contribution in [2.45, 2.75) is 31.4 Å². The topological polar surface area (TPSA) is 165 Å². The van der Waals surface area contributed by atoms with Gasteiger partial charge in [0.05, 0.1) is 5.56 Å². The van der Waals surface area contributed by atoms with Gasteiger partial charge in [-0.3, -0.25) is 14.4 Å². The lowest BCUT2D eigenvalue weighted by Crippen LogP contribution is -2.57. The summed E-state index contributed by atoms with van der Waals surface area (Å²) in [6, 6.07) is 9.45. The second kappa shape index (κ2) is 9.50. The first-order valence-corrected chi connectivity index (χ1v) is 13.0. The number of carbonyl (C=O) groups is 3. The molecule has 0 bridgehead atoms. The Morgan fingerprint density at radius 2 is 1.77 bits per heavy atom. The van der Waals surface area contributed by atoms with Crippen LogP contribution in [-0.2, 0) is 22.6 Å². The Labute approximate surface area is 231 Å². The Hall–Kier alpha value is -4.15. The number of anilines is 1. The van der Waals surface area contributed by atoms with E-state index in [2.05, 4.69) is 0 Å². The number of hydrogen-bond acceptors (Lipinski definition) is 9. The van der Waals surface area contributed by atoms with Crippen molar-refractivity contribution in [2.75, 3.05) is 33.1 Å². The van der Waals surface area contributed by atoms with Gasteiger partial charge in [0.2, 0.25) is 5.78 Å². The summed E-state index contributed by atoms with van der Waals surface area (Å²) in [5.41, 5.74) is 5.17. The van der Waals surface area contributed by atoms with Gasteiger partial charge in [-0.25, -0.2) is 0 Å². The molecule has 0 spiro atoms. The van der Waals surface area contributed by atoms with E-state index in [0.717, 1.165) is 5.56 Å². The number of carbonyl (C=O) groups excluding carboxylic acids is 3. The fourth-order valence-electron chi connectivity index (χ4n) is 6.49. The van der Waals surface area contributed by atoms with Crippen molar-refractivity contribution in [3.63, 3.8) is 0 Å². The molecule has 2 aromatic carbocycles. The standard InChI is InChI=1S/C30H33N3O7/c1-32(2)13-14-6-5-7-15(8-14)18-12-20(33(3)4)19-10-16-9-17-11-21(34)24(29(31)39)28(38)30(17,40)27(37)22(16)26(36)23(19)25(18)35/h5-8,12,16-17,34-35,37,40H,9-11,13H2,1-4H3,(H2,31,39)/t16?,17-,30-/m0/s1. The fraction of sp³-hybridized carbons (Fsp3) is 0.367. The van der Waals surface area contributed by atoms with Gasteiger partial charge >= 0.3 is 0 Å². The maximum absolute atomic E-state index is 14.1. The Kier molecular flexibility index (Phi) is 6.51. The van der Waals surface area contributed by atoms with Crippen LogP contribution in [-0.4, -0.2) is 76.6 Å². The van der Waals surface area contributed by atoms with Gasteiger partial charge in [-0.05, 0) is 61.7 Å². The average Bonchev–Trinajstić information content (AvgIpc) is 2.85. The number of aliphatic hydroxyl groups excluding tert-OH is 2. The Morgan fingerprint density at radius 3 is 2.40 bits per heavy atom. The van der Waals surface area contributed by atoms with Crippen LogP contribution in [0.25, 0.3) is 11.1 Å². The van der Waals surface area contributed by atoms with Gasteiger partial charge < -0.3 is 36.0 Å². The smallest absolute Gasteiger partial charge is 0.255 e. The Balaban J connectivity index is 1.70. The number of nitrogens with two attached hydrogens (primary N) is 1. The van der Waals surface area contributed by atoms with Crippen molar-refractivity contribution in [1.82, 2.24) is 4.90 Å². The van der Waals surface area contributed by atoms with Crippen LogP contribution in [0.5, 0.6) is 5.75 Å². The van der Waals surface area contributed by atoms with E-state index in [4.69, 9.17) is 5.73 Å². The Bertz CT molecular complexity index is 1540. The molecule has 1 amide bonds. The van der Waals surface area contributed by atoms with E-state index in [1.165, 1.54) is 0 Å². The summed E-state index contributed by atoms with van der Waals surface area (Å²) in [6.07, 6.45) is 0.0741. The summed E-state index contributed by atoms with van der Waals surface area (Å²) in [4.78, 5) is 43.0. The lowest BCUT2D eigenvalue weighted by molar-refractivity contribution is -0.144. The minimum Gasteiger partial charge on any atom is -0.511 e. The highest BCUT2D eigenvalue weighted by Crippen LogP contribution is 2.53. The second-order valence-electron chi connectivity index (χ2n) is 11.4. The summed E-state index contributed by atoms with van der Waals surface area (Å²) >= 11 is 0. The molecule has 6 N–H and O–H groups in total. The molecule has 0 aliphatic heterocycles. The van der Waals surface area contributed by atoms with Gasteiger partial charge in [0.25, 0.3) is 5.91 Å². The number of benzene rings is 2. The predicted molar refractivity (Wildman–Crippen MR) is 148 cm³/mol. The quantitative estimate of drug-likeness (QED) is 0.354. The number of nitrogens with zero attached hydrogens (tertiary/aromatic N) is 2. The zero-order valence-corrected chi connectivity index (χ0v) is 22.9. The highest BCUT2D eigenvalue weighted by Gasteiger charge is 2.59. The first-order valence-electron chi connectivity index (χ1n) is 13.0. The monoisotopic (exact) mass is 547 g/mol. The number of fused-ring (bicyclic) bond motifs is 3. The van der Waals surface area contributed by atoms with Crippen molar-refractivity contribution < 1.29 is 34.8 Å². The van der Waals surface area contributed by atoms with Crippen LogP contribution in [0.3, 0.4) is 0 Å². The number of aliphatic hydroxyl groups is 3. The molecule has 0 fully saturated rings. The van der Waals surface area contributed by atoms with Crippen LogP contribution in [0, 0.1) is 11.8 Å². The van der Waals surface area contributed by atoms with E-state index >= 15 is 0 Å². The maximum atomic E-state index is 14.1. The normalized spacial score (nSPS) is 24.1. The first kappa shape index (κ1) is 27.4. The van der Waals surface area contributed by atoms with E-state index in [-0.39, 0.29) is 36.1 Å². The molecule has 10 nitrogen and oxygen atoms in total. The number of primary amides is 1. The van der Waals surface area contributed by atoms with Crippen molar-refractivity contribution in [3.8, 4) is 16.9 Å². The van der Waals surface area contributed by atoms with Crippen LogP contribution < -0.4 is 10.6 Å². The minimum atomic E-state index is -2.59. The molecule has 10 heteroatoms. The minimum absolute atomic E-state index is 0.00386. The molecule has 5 rings (SSSR count). The van der Waals surface area contributed by atoms with Gasteiger partial charge in [0, 0.05) is 49.8 Å². The first-order chi connectivity index (χ1) is 18.8. The molecule has 2 aromatic rings. The summed E-state index contributed by atoms with van der Waals surface area (Å²) in [7, 11) is 7.57. The molecule has 40 heavy (non-hydrogen) atoms. The largest absolute Gasteiger partial charge is 0.511 e. The van der Waals surface area contributed by atoms with E-state index in [0.29, 0.717) is 28.9 Å². The van der Waals surface area contributed by atoms with Crippen molar-refractivity contribution >= 4 is 23.2 Å². The number of aromatic hydroxyl groups is 1. The van der Waals surface area contributed by atoms with Crippen LogP contribution in [0.4, 0.5) is 5.69 Å². The van der Waals surface area contributed by atoms with E-state index in [9.17, 15) is 34.8 Å². The molecule has 1 unspecified atom stereocenters. The van der Waals surface area contributed by atoms with Gasteiger partial charge in [-0.1, -0.05) is 18.2 Å². The summed E-state index contributed by atoms with van der Waals surface area (Å²) in [5.74, 6) is -6.39. The summed E-state index contributed by atoms with van der Waals surface area (Å²) < 4.78 is 0. The average molecular weight is 548 g/mol. The second-order valence-corrected chi connectivity index (χ2v) is 11.4. The lowest BCUT2D eigenvalue weighted by atomic mass is 9.60. The molecular weight excluding hydrogens is 514 g/mol. The highest BCUT2D eigenvalue weighted by atomic mass is 16.3. The molecule has 3 aliphatic rings. The van der Waals surface area contributed by atoms with Gasteiger partial charge in [-0.2, -0.15) is 0 Å². The van der Waals surface area contributed by atoms with E-state index in [1.54, 1.807) is 0 Å². The molecular formula is C30H33N3O7. The number of phenolic OH excluding ortho intramolecular Hbond substituents is 1. The SMILES string of the molecule is CN(C)Cc1cccc(-c2cc(N(C)C)c3c(c2O)C(=O)C2=C(O)[C@]4(O)C(=O)C(C(N)=O)=C(O)C[C@@H]4CC2C3)c1. The van der Waals surface area contributed by atoms with Crippen LogP contribution >= 0.6 is 0 Å². The molecule has 0 aromatic heterocycles. The van der Waals surface area contributed by atoms with E-state index in [1.807, 2.05) is 68.3 Å². The molecule has 0 saturated carbocycles. The number of rotatable bonds is 5. The van der Waals surface area contributed by atoms with Gasteiger partial charge in [-0.15, -0.1) is 0 Å². The van der Waals surface area contributed by atoms with E-state index < -0.39 is 52.0 Å². The molecule has 3 atom stereocenters. The third kappa shape index (κ3) is 3.98. The maximum Gasteiger partial charge on any atom is 0.255 e. The van der Waals surface area contributed by atoms with Crippen molar-refractivity contribution in [1.29, 1.82) is 0 Å². The third-order valence-corrected chi connectivity index (χ3v) is 8.26. The van der Waals surface area contributed by atoms with Crippen LogP contribution in [0.15, 0.2) is 53.0 Å². The van der Waals surface area contributed by atoms with Crippen LogP contribution in [0.1, 0.15) is 34.3 Å². The van der Waals surface area contributed by atoms with Gasteiger partial charge in [0.15, 0.2) is 11.4 Å².